The Morgan fingerprint density at radius 3 is 1.71 bits per heavy atom. The van der Waals surface area contributed by atoms with Gasteiger partial charge in [-0.2, -0.15) is 0 Å². The van der Waals surface area contributed by atoms with Crippen LogP contribution in [0.3, 0.4) is 0 Å². The number of rotatable bonds is 4. The number of benzene rings is 3. The van der Waals surface area contributed by atoms with Gasteiger partial charge < -0.3 is 10.2 Å². The molecule has 0 bridgehead atoms. The molecule has 3 aromatic rings. The highest BCUT2D eigenvalue weighted by atomic mass is 16.3. The van der Waals surface area contributed by atoms with Crippen molar-refractivity contribution < 1.29 is 10.2 Å². The van der Waals surface area contributed by atoms with Crippen molar-refractivity contribution in [2.75, 3.05) is 0 Å². The molecule has 0 aliphatic carbocycles. The van der Waals surface area contributed by atoms with Crippen LogP contribution in [0.5, 0.6) is 11.5 Å². The quantitative estimate of drug-likeness (QED) is 0.606. The smallest absolute Gasteiger partial charge is 0.166 e. The number of hydrogen-bond donors (Lipinski definition) is 2. The van der Waals surface area contributed by atoms with Gasteiger partial charge in [-0.15, -0.1) is 0 Å². The van der Waals surface area contributed by atoms with Crippen LogP contribution in [-0.2, 0) is 6.42 Å². The summed E-state index contributed by atoms with van der Waals surface area (Å²) in [6, 6.07) is 19.9. The van der Waals surface area contributed by atoms with E-state index in [9.17, 15) is 10.2 Å². The van der Waals surface area contributed by atoms with Crippen molar-refractivity contribution in [1.82, 2.24) is 0 Å². The van der Waals surface area contributed by atoms with E-state index in [0.717, 1.165) is 40.7 Å². The van der Waals surface area contributed by atoms with E-state index in [-0.39, 0.29) is 11.5 Å². The molecule has 3 aromatic carbocycles. The van der Waals surface area contributed by atoms with Crippen molar-refractivity contribution >= 4 is 0 Å². The first kappa shape index (κ1) is 16.1. The second-order valence-corrected chi connectivity index (χ2v) is 6.03. The topological polar surface area (TPSA) is 40.5 Å². The molecule has 0 saturated heterocycles. The van der Waals surface area contributed by atoms with Gasteiger partial charge >= 0.3 is 0 Å². The maximum absolute atomic E-state index is 10.7. The molecule has 0 atom stereocenters. The number of aromatic hydroxyl groups is 2. The van der Waals surface area contributed by atoms with Gasteiger partial charge in [-0.05, 0) is 41.2 Å². The lowest BCUT2D eigenvalue weighted by Crippen LogP contribution is -1.99. The largest absolute Gasteiger partial charge is 0.504 e. The first-order valence-corrected chi connectivity index (χ1v) is 8.33. The van der Waals surface area contributed by atoms with Gasteiger partial charge in [0.25, 0.3) is 0 Å². The van der Waals surface area contributed by atoms with Crippen LogP contribution < -0.4 is 0 Å². The Hall–Kier alpha value is -2.74. The zero-order chi connectivity index (χ0) is 17.1. The van der Waals surface area contributed by atoms with Gasteiger partial charge in [0.05, 0.1) is 0 Å². The number of hydrogen-bond acceptors (Lipinski definition) is 2. The second kappa shape index (κ2) is 6.79. The zero-order valence-corrected chi connectivity index (χ0v) is 14.1. The van der Waals surface area contributed by atoms with Gasteiger partial charge in [-0.25, -0.2) is 0 Å². The molecule has 0 heterocycles. The average molecular weight is 318 g/mol. The van der Waals surface area contributed by atoms with E-state index in [4.69, 9.17) is 0 Å². The highest BCUT2D eigenvalue weighted by Gasteiger charge is 2.22. The lowest BCUT2D eigenvalue weighted by atomic mass is 9.85. The summed E-state index contributed by atoms with van der Waals surface area (Å²) in [7, 11) is 0. The van der Waals surface area contributed by atoms with Gasteiger partial charge in [0.2, 0.25) is 0 Å². The Bertz CT molecular complexity index is 837. The third-order valence-electron chi connectivity index (χ3n) is 4.45. The number of phenols is 2. The SMILES string of the molecule is CCCc1c(C)c(O)c(O)c(-c2ccccc2)c1-c1ccccc1. The van der Waals surface area contributed by atoms with E-state index >= 15 is 0 Å². The van der Waals surface area contributed by atoms with E-state index in [0.29, 0.717) is 5.56 Å². The first-order valence-electron chi connectivity index (χ1n) is 8.33. The summed E-state index contributed by atoms with van der Waals surface area (Å²) in [4.78, 5) is 0. The van der Waals surface area contributed by atoms with Crippen LogP contribution in [-0.4, -0.2) is 10.2 Å². The molecule has 2 heteroatoms. The summed E-state index contributed by atoms with van der Waals surface area (Å²) >= 11 is 0. The Balaban J connectivity index is 2.43. The van der Waals surface area contributed by atoms with Crippen LogP contribution in [0, 0.1) is 6.92 Å². The van der Waals surface area contributed by atoms with E-state index < -0.39 is 0 Å². The van der Waals surface area contributed by atoms with Gasteiger partial charge in [-0.1, -0.05) is 74.0 Å². The van der Waals surface area contributed by atoms with Gasteiger partial charge in [0.1, 0.15) is 0 Å². The minimum absolute atomic E-state index is 0.0167. The minimum atomic E-state index is -0.0441. The Kier molecular flexibility index (Phi) is 4.57. The fraction of sp³-hybridized carbons (Fsp3) is 0.182. The van der Waals surface area contributed by atoms with E-state index in [1.165, 1.54) is 0 Å². The van der Waals surface area contributed by atoms with Crippen molar-refractivity contribution in [3.63, 3.8) is 0 Å². The van der Waals surface area contributed by atoms with Crippen LogP contribution in [0.1, 0.15) is 24.5 Å². The standard InChI is InChI=1S/C22H22O2/c1-3-10-18-15(2)21(23)22(24)20(17-13-8-5-9-14-17)19(18)16-11-6-4-7-12-16/h4-9,11-14,23-24H,3,10H2,1-2H3. The third kappa shape index (κ3) is 2.76. The van der Waals surface area contributed by atoms with E-state index in [2.05, 4.69) is 19.1 Å². The minimum Gasteiger partial charge on any atom is -0.504 e. The predicted molar refractivity (Wildman–Crippen MR) is 99.4 cm³/mol. The van der Waals surface area contributed by atoms with Crippen molar-refractivity contribution in [2.24, 2.45) is 0 Å². The molecule has 0 amide bonds. The summed E-state index contributed by atoms with van der Waals surface area (Å²) in [5, 5.41) is 21.2. The lowest BCUT2D eigenvalue weighted by molar-refractivity contribution is 0.402. The Morgan fingerprint density at radius 2 is 1.21 bits per heavy atom. The number of phenolic OH excluding ortho intramolecular Hbond substituents is 2. The summed E-state index contributed by atoms with van der Waals surface area (Å²) in [5.41, 5.74) is 5.52. The van der Waals surface area contributed by atoms with E-state index in [1.807, 2.05) is 55.5 Å². The van der Waals surface area contributed by atoms with Crippen molar-refractivity contribution in [3.05, 3.63) is 71.8 Å². The van der Waals surface area contributed by atoms with Crippen LogP contribution in [0.25, 0.3) is 22.3 Å². The first-order chi connectivity index (χ1) is 11.6. The molecule has 3 rings (SSSR count). The molecule has 2 N–H and O–H groups in total. The lowest BCUT2D eigenvalue weighted by Gasteiger charge is -2.21. The summed E-state index contributed by atoms with van der Waals surface area (Å²) in [5.74, 6) is -0.0607. The molecule has 0 radical (unpaired) electrons. The van der Waals surface area contributed by atoms with Crippen molar-refractivity contribution in [3.8, 4) is 33.8 Å². The second-order valence-electron chi connectivity index (χ2n) is 6.03. The Labute approximate surface area is 143 Å². The molecule has 0 aliphatic rings. The highest BCUT2D eigenvalue weighted by Crippen LogP contribution is 2.48. The highest BCUT2D eigenvalue weighted by molar-refractivity contribution is 5.92. The zero-order valence-electron chi connectivity index (χ0n) is 14.1. The molecule has 0 unspecified atom stereocenters. The summed E-state index contributed by atoms with van der Waals surface area (Å²) < 4.78 is 0. The molecule has 0 aliphatic heterocycles. The fourth-order valence-electron chi connectivity index (χ4n) is 3.27. The van der Waals surface area contributed by atoms with Crippen LogP contribution in [0.2, 0.25) is 0 Å². The molecule has 0 aromatic heterocycles. The molecular formula is C22H22O2. The average Bonchev–Trinajstić information content (AvgIpc) is 2.63. The van der Waals surface area contributed by atoms with Crippen LogP contribution in [0.15, 0.2) is 60.7 Å². The predicted octanol–water partition coefficient (Wildman–Crippen LogP) is 5.69. The van der Waals surface area contributed by atoms with Gasteiger partial charge in [0.15, 0.2) is 11.5 Å². The summed E-state index contributed by atoms with van der Waals surface area (Å²) in [6.45, 7) is 4.00. The van der Waals surface area contributed by atoms with Crippen molar-refractivity contribution in [2.45, 2.75) is 26.7 Å². The normalized spacial score (nSPS) is 10.8. The summed E-state index contributed by atoms with van der Waals surface area (Å²) in [6.07, 6.45) is 1.82. The molecule has 24 heavy (non-hydrogen) atoms. The molecule has 0 fully saturated rings. The Morgan fingerprint density at radius 1 is 0.708 bits per heavy atom. The maximum Gasteiger partial charge on any atom is 0.166 e. The van der Waals surface area contributed by atoms with Crippen LogP contribution >= 0.6 is 0 Å². The third-order valence-corrected chi connectivity index (χ3v) is 4.45. The molecule has 0 spiro atoms. The molecular weight excluding hydrogens is 296 g/mol. The van der Waals surface area contributed by atoms with E-state index in [1.54, 1.807) is 0 Å². The molecule has 2 nitrogen and oxygen atoms in total. The van der Waals surface area contributed by atoms with Crippen LogP contribution in [0.4, 0.5) is 0 Å². The molecule has 0 saturated carbocycles. The van der Waals surface area contributed by atoms with Gasteiger partial charge in [-0.3, -0.25) is 0 Å². The van der Waals surface area contributed by atoms with Crippen molar-refractivity contribution in [1.29, 1.82) is 0 Å². The fourth-order valence-corrected chi connectivity index (χ4v) is 3.27. The monoisotopic (exact) mass is 318 g/mol. The maximum atomic E-state index is 10.7. The van der Waals surface area contributed by atoms with Gasteiger partial charge in [0, 0.05) is 5.56 Å². The molecule has 122 valence electrons.